The molecule has 0 atom stereocenters. The first-order chi connectivity index (χ1) is 6.06. The molecular formula is C6H14F3NO3S. The van der Waals surface area contributed by atoms with Gasteiger partial charge in [0, 0.05) is 0 Å². The van der Waals surface area contributed by atoms with Gasteiger partial charge in [-0.2, -0.15) is 13.2 Å². The van der Waals surface area contributed by atoms with Crippen LogP contribution >= 0.6 is 0 Å². The van der Waals surface area contributed by atoms with Crippen molar-refractivity contribution in [2.45, 2.75) is 19.4 Å². The number of rotatable bonds is 2. The lowest BCUT2D eigenvalue weighted by Gasteiger charge is -2.08. The summed E-state index contributed by atoms with van der Waals surface area (Å²) in [7, 11) is -3.90. The summed E-state index contributed by atoms with van der Waals surface area (Å²) >= 11 is 0. The average Bonchev–Trinajstić information content (AvgIpc) is 2.00. The van der Waals surface area contributed by atoms with E-state index in [2.05, 4.69) is 20.9 Å². The minimum atomic E-state index is -6.09. The van der Waals surface area contributed by atoms with Crippen molar-refractivity contribution in [3.63, 3.8) is 0 Å². The molecule has 0 aliphatic carbocycles. The predicted molar refractivity (Wildman–Crippen MR) is 43.7 cm³/mol. The molecule has 0 spiro atoms. The van der Waals surface area contributed by atoms with Crippen molar-refractivity contribution < 1.29 is 31.0 Å². The minimum Gasteiger partial charge on any atom is -0.741 e. The van der Waals surface area contributed by atoms with E-state index >= 15 is 0 Å². The van der Waals surface area contributed by atoms with Crippen molar-refractivity contribution in [1.29, 1.82) is 0 Å². The molecule has 0 saturated heterocycles. The summed E-state index contributed by atoms with van der Waals surface area (Å²) in [6.07, 6.45) is 0. The number of quaternary nitrogens is 1. The molecule has 4 nitrogen and oxygen atoms in total. The second-order valence-corrected chi connectivity index (χ2v) is 3.94. The maximum atomic E-state index is 10.7. The van der Waals surface area contributed by atoms with Crippen LogP contribution in [-0.2, 0) is 10.1 Å². The quantitative estimate of drug-likeness (QED) is 0.524. The van der Waals surface area contributed by atoms with Crippen LogP contribution < -0.4 is 4.90 Å². The van der Waals surface area contributed by atoms with E-state index in [1.165, 1.54) is 13.1 Å². The van der Waals surface area contributed by atoms with Crippen molar-refractivity contribution in [2.24, 2.45) is 0 Å². The molecule has 0 aromatic rings. The molecule has 0 rings (SSSR count). The third-order valence-corrected chi connectivity index (χ3v) is 2.06. The van der Waals surface area contributed by atoms with Crippen molar-refractivity contribution in [3.8, 4) is 0 Å². The average molecular weight is 237 g/mol. The molecule has 1 N–H and O–H groups in total. The first-order valence-electron chi connectivity index (χ1n) is 3.89. The van der Waals surface area contributed by atoms with E-state index in [0.29, 0.717) is 0 Å². The van der Waals surface area contributed by atoms with Gasteiger partial charge in [-0.1, -0.05) is 0 Å². The Labute approximate surface area is 81.5 Å². The van der Waals surface area contributed by atoms with Gasteiger partial charge in [-0.05, 0) is 13.8 Å². The number of alkyl halides is 3. The summed E-state index contributed by atoms with van der Waals surface area (Å²) in [5.41, 5.74) is -5.65. The lowest BCUT2D eigenvalue weighted by molar-refractivity contribution is -0.875. The number of nitrogens with one attached hydrogen (secondary N) is 1. The zero-order valence-corrected chi connectivity index (χ0v) is 9.00. The van der Waals surface area contributed by atoms with Crippen LogP contribution in [0, 0.1) is 0 Å². The van der Waals surface area contributed by atoms with Crippen LogP contribution in [0.4, 0.5) is 13.2 Å². The fourth-order valence-electron chi connectivity index (χ4n) is 0.250. The molecule has 0 aliphatic rings. The Bertz CT molecular complexity index is 233. The summed E-state index contributed by atoms with van der Waals surface area (Å²) in [5, 5.41) is 0. The van der Waals surface area contributed by atoms with Crippen molar-refractivity contribution >= 4 is 10.1 Å². The van der Waals surface area contributed by atoms with Gasteiger partial charge in [0.2, 0.25) is 0 Å². The molecular weight excluding hydrogens is 223 g/mol. The molecule has 14 heavy (non-hydrogen) atoms. The number of halogens is 3. The highest BCUT2D eigenvalue weighted by atomic mass is 32.2. The van der Waals surface area contributed by atoms with Gasteiger partial charge in [-0.25, -0.2) is 8.42 Å². The Morgan fingerprint density at radius 3 is 1.43 bits per heavy atom. The monoisotopic (exact) mass is 237 g/mol. The van der Waals surface area contributed by atoms with E-state index in [-0.39, 0.29) is 0 Å². The SMILES string of the molecule is CC[NH+](C)CC.O=S(=O)([O-])C(F)(F)F. The van der Waals surface area contributed by atoms with Crippen LogP contribution in [0.3, 0.4) is 0 Å². The third-order valence-electron chi connectivity index (χ3n) is 1.49. The van der Waals surface area contributed by atoms with Gasteiger partial charge < -0.3 is 9.45 Å². The largest absolute Gasteiger partial charge is 0.741 e. The predicted octanol–water partition coefficient (Wildman–Crippen LogP) is -0.408. The highest BCUT2D eigenvalue weighted by molar-refractivity contribution is 7.86. The molecule has 0 aliphatic heterocycles. The molecule has 88 valence electrons. The topological polar surface area (TPSA) is 61.6 Å². The highest BCUT2D eigenvalue weighted by Crippen LogP contribution is 2.20. The zero-order chi connectivity index (χ0) is 12.0. The second kappa shape index (κ2) is 6.20. The number of hydrogen-bond donors (Lipinski definition) is 1. The summed E-state index contributed by atoms with van der Waals surface area (Å²) in [6.45, 7) is 6.88. The van der Waals surface area contributed by atoms with Crippen LogP contribution in [0.15, 0.2) is 0 Å². The van der Waals surface area contributed by atoms with Crippen molar-refractivity contribution in [2.75, 3.05) is 20.1 Å². The van der Waals surface area contributed by atoms with Crippen LogP contribution in [0.25, 0.3) is 0 Å². The molecule has 0 bridgehead atoms. The Hall–Kier alpha value is -0.340. The molecule has 8 heteroatoms. The van der Waals surface area contributed by atoms with Crippen LogP contribution in [-0.4, -0.2) is 38.6 Å². The molecule has 0 aromatic carbocycles. The fraction of sp³-hybridized carbons (Fsp3) is 1.00. The maximum Gasteiger partial charge on any atom is 0.485 e. The maximum absolute atomic E-state index is 10.7. The van der Waals surface area contributed by atoms with E-state index in [0.717, 1.165) is 0 Å². The summed E-state index contributed by atoms with van der Waals surface area (Å²) < 4.78 is 58.9. The lowest BCUT2D eigenvalue weighted by Crippen LogP contribution is -3.08. The normalized spacial score (nSPS) is 12.3. The van der Waals surface area contributed by atoms with Gasteiger partial charge in [0.1, 0.15) is 0 Å². The van der Waals surface area contributed by atoms with Crippen LogP contribution in [0.5, 0.6) is 0 Å². The number of hydrogen-bond acceptors (Lipinski definition) is 3. The van der Waals surface area contributed by atoms with Gasteiger partial charge in [0.15, 0.2) is 10.1 Å². The highest BCUT2D eigenvalue weighted by Gasteiger charge is 2.36. The first-order valence-corrected chi connectivity index (χ1v) is 5.30. The third kappa shape index (κ3) is 8.27. The summed E-state index contributed by atoms with van der Waals surface area (Å²) in [4.78, 5) is 1.59. The molecule has 0 radical (unpaired) electrons. The van der Waals surface area contributed by atoms with E-state index < -0.39 is 15.6 Å². The van der Waals surface area contributed by atoms with E-state index in [4.69, 9.17) is 13.0 Å². The molecule has 0 unspecified atom stereocenters. The van der Waals surface area contributed by atoms with Gasteiger partial charge >= 0.3 is 5.51 Å². The smallest absolute Gasteiger partial charge is 0.485 e. The Morgan fingerprint density at radius 2 is 1.43 bits per heavy atom. The van der Waals surface area contributed by atoms with Gasteiger partial charge in [0.25, 0.3) is 0 Å². The molecule has 0 amide bonds. The van der Waals surface area contributed by atoms with Crippen molar-refractivity contribution in [3.05, 3.63) is 0 Å². The summed E-state index contributed by atoms with van der Waals surface area (Å²) in [6, 6.07) is 0. The minimum absolute atomic E-state index is 1.25. The summed E-state index contributed by atoms with van der Waals surface area (Å²) in [5.74, 6) is 0. The van der Waals surface area contributed by atoms with Crippen LogP contribution in [0.1, 0.15) is 13.8 Å². The van der Waals surface area contributed by atoms with Gasteiger partial charge in [-0.15, -0.1) is 0 Å². The molecule has 0 saturated carbocycles. The van der Waals surface area contributed by atoms with E-state index in [1.54, 1.807) is 4.90 Å². The van der Waals surface area contributed by atoms with Crippen molar-refractivity contribution in [1.82, 2.24) is 0 Å². The fourth-order valence-corrected chi connectivity index (χ4v) is 0.250. The first kappa shape index (κ1) is 16.1. The molecule has 0 aromatic heterocycles. The standard InChI is InChI=1S/C5H13N.CHF3O3S/c1-4-6(3)5-2;2-1(3,4)8(5,6)7/h4-5H2,1-3H3;(H,5,6,7). The van der Waals surface area contributed by atoms with Gasteiger partial charge in [-0.3, -0.25) is 0 Å². The van der Waals surface area contributed by atoms with Gasteiger partial charge in [0.05, 0.1) is 20.1 Å². The molecule has 0 heterocycles. The van der Waals surface area contributed by atoms with E-state index in [1.807, 2.05) is 0 Å². The second-order valence-electron chi connectivity index (χ2n) is 2.56. The zero-order valence-electron chi connectivity index (χ0n) is 8.18. The van der Waals surface area contributed by atoms with E-state index in [9.17, 15) is 13.2 Å². The van der Waals surface area contributed by atoms with Crippen LogP contribution in [0.2, 0.25) is 0 Å². The Kier molecular flexibility index (Phi) is 7.13. The molecule has 0 fully saturated rings. The Balaban J connectivity index is 0. The Morgan fingerprint density at radius 1 is 1.21 bits per heavy atom. The lowest BCUT2D eigenvalue weighted by atomic mass is 10.6.